The predicted molar refractivity (Wildman–Crippen MR) is 102 cm³/mol. The van der Waals surface area contributed by atoms with Crippen LogP contribution in [0.25, 0.3) is 0 Å². The van der Waals surface area contributed by atoms with Gasteiger partial charge in [-0.1, -0.05) is 0 Å². The van der Waals surface area contributed by atoms with Crippen LogP contribution >= 0.6 is 0 Å². The minimum absolute atomic E-state index is 0.00674. The number of carbonyl (C=O) groups is 2. The first-order valence-corrected chi connectivity index (χ1v) is 9.46. The van der Waals surface area contributed by atoms with Gasteiger partial charge in [0.15, 0.2) is 5.96 Å². The number of piperazine rings is 1. The molecule has 0 aromatic heterocycles. The first-order valence-electron chi connectivity index (χ1n) is 9.46. The van der Waals surface area contributed by atoms with Crippen molar-refractivity contribution in [3.05, 3.63) is 0 Å². The van der Waals surface area contributed by atoms with Gasteiger partial charge in [-0.15, -0.1) is 0 Å². The Kier molecular flexibility index (Phi) is 6.91. The van der Waals surface area contributed by atoms with E-state index in [-0.39, 0.29) is 24.2 Å². The topological polar surface area (TPSA) is 101 Å². The number of guanidine groups is 1. The molecule has 0 bridgehead atoms. The molecule has 0 aliphatic carbocycles. The zero-order chi connectivity index (χ0) is 20.2. The summed E-state index contributed by atoms with van der Waals surface area (Å²) in [5, 5.41) is 0. The Morgan fingerprint density at radius 2 is 1.74 bits per heavy atom. The zero-order valence-corrected chi connectivity index (χ0v) is 17.1. The summed E-state index contributed by atoms with van der Waals surface area (Å²) in [6, 6.07) is 0. The fourth-order valence-corrected chi connectivity index (χ4v) is 3.05. The Balaban J connectivity index is 1.76. The third-order valence-corrected chi connectivity index (χ3v) is 4.54. The minimum atomic E-state index is -0.498. The number of nitrogens with zero attached hydrogens (tertiary/aromatic N) is 4. The monoisotopic (exact) mass is 383 g/mol. The highest BCUT2D eigenvalue weighted by Gasteiger charge is 2.32. The van der Waals surface area contributed by atoms with E-state index in [1.807, 2.05) is 25.7 Å². The average Bonchev–Trinajstić information content (AvgIpc) is 3.06. The van der Waals surface area contributed by atoms with Gasteiger partial charge < -0.3 is 29.9 Å². The maximum atomic E-state index is 12.1. The molecule has 9 heteroatoms. The van der Waals surface area contributed by atoms with E-state index < -0.39 is 5.60 Å². The van der Waals surface area contributed by atoms with Gasteiger partial charge in [0.25, 0.3) is 5.91 Å². The van der Waals surface area contributed by atoms with E-state index in [9.17, 15) is 9.59 Å². The molecule has 2 unspecified atom stereocenters. The quantitative estimate of drug-likeness (QED) is 0.562. The van der Waals surface area contributed by atoms with E-state index in [0.29, 0.717) is 45.1 Å². The van der Waals surface area contributed by atoms with Crippen LogP contribution in [-0.2, 0) is 14.3 Å². The van der Waals surface area contributed by atoms with Crippen molar-refractivity contribution in [2.24, 2.45) is 10.7 Å². The van der Waals surface area contributed by atoms with E-state index >= 15 is 0 Å². The highest BCUT2D eigenvalue weighted by molar-refractivity contribution is 5.80. The summed E-state index contributed by atoms with van der Waals surface area (Å²) in [4.78, 5) is 33.7. The van der Waals surface area contributed by atoms with Crippen LogP contribution in [0, 0.1) is 0 Å². The van der Waals surface area contributed by atoms with E-state index in [2.05, 4.69) is 4.99 Å². The first-order chi connectivity index (χ1) is 12.6. The van der Waals surface area contributed by atoms with Crippen molar-refractivity contribution in [1.29, 1.82) is 0 Å². The SMILES string of the molecule is CN(C)C(=O)C1CCC(CN=C(N)N2CCN(C(=O)OC(C)(C)C)CC2)O1. The Hall–Kier alpha value is -2.03. The second-order valence-electron chi connectivity index (χ2n) is 8.21. The van der Waals surface area contributed by atoms with Crippen molar-refractivity contribution in [2.45, 2.75) is 51.4 Å². The molecule has 0 radical (unpaired) electrons. The number of ether oxygens (including phenoxy) is 2. The van der Waals surface area contributed by atoms with Crippen molar-refractivity contribution in [3.63, 3.8) is 0 Å². The summed E-state index contributed by atoms with van der Waals surface area (Å²) >= 11 is 0. The van der Waals surface area contributed by atoms with Crippen LogP contribution in [0.2, 0.25) is 0 Å². The predicted octanol–water partition coefficient (Wildman–Crippen LogP) is 0.490. The van der Waals surface area contributed by atoms with Crippen molar-refractivity contribution >= 4 is 18.0 Å². The maximum Gasteiger partial charge on any atom is 0.410 e. The van der Waals surface area contributed by atoms with Gasteiger partial charge in [0, 0.05) is 40.3 Å². The van der Waals surface area contributed by atoms with Gasteiger partial charge in [0.1, 0.15) is 11.7 Å². The Morgan fingerprint density at radius 3 is 2.30 bits per heavy atom. The van der Waals surface area contributed by atoms with Gasteiger partial charge in [-0.2, -0.15) is 0 Å². The van der Waals surface area contributed by atoms with Crippen molar-refractivity contribution in [3.8, 4) is 0 Å². The third kappa shape index (κ3) is 6.27. The van der Waals surface area contributed by atoms with Crippen LogP contribution in [0.5, 0.6) is 0 Å². The molecule has 2 heterocycles. The molecular weight excluding hydrogens is 350 g/mol. The number of nitrogens with two attached hydrogens (primary N) is 1. The van der Waals surface area contributed by atoms with Crippen LogP contribution in [-0.4, -0.2) is 97.3 Å². The van der Waals surface area contributed by atoms with Crippen LogP contribution < -0.4 is 5.73 Å². The van der Waals surface area contributed by atoms with Gasteiger partial charge in [0.2, 0.25) is 0 Å². The normalized spacial score (nSPS) is 24.1. The Labute approximate surface area is 161 Å². The lowest BCUT2D eigenvalue weighted by molar-refractivity contribution is -0.140. The molecule has 2 N–H and O–H groups in total. The Morgan fingerprint density at radius 1 is 1.15 bits per heavy atom. The summed E-state index contributed by atoms with van der Waals surface area (Å²) in [5.74, 6) is 0.442. The van der Waals surface area contributed by atoms with Crippen LogP contribution in [0.3, 0.4) is 0 Å². The van der Waals surface area contributed by atoms with Crippen LogP contribution in [0.4, 0.5) is 4.79 Å². The van der Waals surface area contributed by atoms with Gasteiger partial charge in [-0.3, -0.25) is 9.79 Å². The average molecular weight is 383 g/mol. The molecule has 0 spiro atoms. The maximum absolute atomic E-state index is 12.1. The zero-order valence-electron chi connectivity index (χ0n) is 17.1. The fourth-order valence-electron chi connectivity index (χ4n) is 3.05. The largest absolute Gasteiger partial charge is 0.444 e. The van der Waals surface area contributed by atoms with Crippen LogP contribution in [0.1, 0.15) is 33.6 Å². The summed E-state index contributed by atoms with van der Waals surface area (Å²) in [7, 11) is 3.46. The van der Waals surface area contributed by atoms with Gasteiger partial charge in [-0.25, -0.2) is 4.79 Å². The molecule has 2 rings (SSSR count). The molecule has 2 fully saturated rings. The van der Waals surface area contributed by atoms with Crippen LogP contribution in [0.15, 0.2) is 4.99 Å². The fraction of sp³-hybridized carbons (Fsp3) is 0.833. The lowest BCUT2D eigenvalue weighted by Gasteiger charge is -2.36. The number of aliphatic imine (C=N–C) groups is 1. The molecule has 0 aromatic rings. The number of likely N-dealkylation sites (N-methyl/N-ethyl adjacent to an activating group) is 1. The Bertz CT molecular complexity index is 565. The number of amides is 2. The molecule has 2 saturated heterocycles. The highest BCUT2D eigenvalue weighted by Crippen LogP contribution is 2.21. The molecule has 27 heavy (non-hydrogen) atoms. The van der Waals surface area contributed by atoms with Crippen molar-refractivity contribution in [2.75, 3.05) is 46.8 Å². The lowest BCUT2D eigenvalue weighted by Crippen LogP contribution is -2.53. The summed E-state index contributed by atoms with van der Waals surface area (Å²) in [6.45, 7) is 8.32. The summed E-state index contributed by atoms with van der Waals surface area (Å²) < 4.78 is 11.2. The number of hydrogen-bond acceptors (Lipinski definition) is 5. The minimum Gasteiger partial charge on any atom is -0.444 e. The molecule has 2 aliphatic rings. The van der Waals surface area contributed by atoms with E-state index in [0.717, 1.165) is 6.42 Å². The van der Waals surface area contributed by atoms with E-state index in [4.69, 9.17) is 15.2 Å². The van der Waals surface area contributed by atoms with Crippen molar-refractivity contribution in [1.82, 2.24) is 14.7 Å². The third-order valence-electron chi connectivity index (χ3n) is 4.54. The van der Waals surface area contributed by atoms with Crippen molar-refractivity contribution < 1.29 is 19.1 Å². The highest BCUT2D eigenvalue weighted by atomic mass is 16.6. The van der Waals surface area contributed by atoms with Gasteiger partial charge in [-0.05, 0) is 33.6 Å². The number of rotatable bonds is 3. The lowest BCUT2D eigenvalue weighted by atomic mass is 10.2. The molecule has 154 valence electrons. The molecular formula is C18H33N5O4. The van der Waals surface area contributed by atoms with Gasteiger partial charge in [0.05, 0.1) is 12.6 Å². The standard InChI is InChI=1S/C18H33N5O4/c1-18(2,3)27-17(25)23-10-8-22(9-11-23)16(19)20-12-13-6-7-14(26-13)15(24)21(4)5/h13-14H,6-12H2,1-5H3,(H2,19,20). The molecule has 2 amide bonds. The smallest absolute Gasteiger partial charge is 0.410 e. The summed E-state index contributed by atoms with van der Waals surface area (Å²) in [6.07, 6.45) is 0.756. The molecule has 2 atom stereocenters. The molecule has 2 aliphatic heterocycles. The van der Waals surface area contributed by atoms with E-state index in [1.165, 1.54) is 0 Å². The van der Waals surface area contributed by atoms with E-state index in [1.54, 1.807) is 23.9 Å². The summed E-state index contributed by atoms with van der Waals surface area (Å²) in [5.41, 5.74) is 5.60. The number of hydrogen-bond donors (Lipinski definition) is 1. The first kappa shape index (κ1) is 21.3. The van der Waals surface area contributed by atoms with Gasteiger partial charge >= 0.3 is 6.09 Å². The molecule has 0 saturated carbocycles. The number of carbonyl (C=O) groups excluding carboxylic acids is 2. The second-order valence-corrected chi connectivity index (χ2v) is 8.21. The molecule has 9 nitrogen and oxygen atoms in total. The second kappa shape index (κ2) is 8.77. The molecule has 0 aromatic carbocycles.